The lowest BCUT2D eigenvalue weighted by atomic mass is 9.98. The van der Waals surface area contributed by atoms with Gasteiger partial charge in [0.25, 0.3) is 0 Å². The highest BCUT2D eigenvalue weighted by molar-refractivity contribution is 6.08. The van der Waals surface area contributed by atoms with Gasteiger partial charge in [0.1, 0.15) is 13.7 Å². The van der Waals surface area contributed by atoms with Crippen LogP contribution in [0.3, 0.4) is 0 Å². The van der Waals surface area contributed by atoms with Crippen molar-refractivity contribution in [1.82, 2.24) is 0 Å². The maximum absolute atomic E-state index is 14.9. The van der Waals surface area contributed by atoms with E-state index in [-0.39, 0.29) is 17.8 Å². The third kappa shape index (κ3) is 5.80. The lowest BCUT2D eigenvalue weighted by Crippen LogP contribution is -2.27. The third-order valence-corrected chi connectivity index (χ3v) is 6.01. The number of halogens is 3. The summed E-state index contributed by atoms with van der Waals surface area (Å²) in [7, 11) is 5.23. The Hall–Kier alpha value is -3.03. The van der Waals surface area contributed by atoms with Crippen molar-refractivity contribution >= 4 is 7.85 Å². The molecule has 0 bridgehead atoms. The summed E-state index contributed by atoms with van der Waals surface area (Å²) in [6, 6.07) is 14.4. The highest BCUT2D eigenvalue weighted by Gasteiger charge is 2.25. The van der Waals surface area contributed by atoms with Crippen LogP contribution in [-0.4, -0.2) is 27.6 Å². The monoisotopic (exact) mass is 478 g/mol. The molecule has 1 saturated heterocycles. The van der Waals surface area contributed by atoms with E-state index in [1.165, 1.54) is 18.2 Å². The molecule has 0 N–H and O–H groups in total. The van der Waals surface area contributed by atoms with Crippen LogP contribution in [0.25, 0.3) is 22.3 Å². The summed E-state index contributed by atoms with van der Waals surface area (Å²) < 4.78 is 60.0. The zero-order valence-corrected chi connectivity index (χ0v) is 19.5. The molecular formula is C28H26BF3O3. The Labute approximate surface area is 204 Å². The zero-order chi connectivity index (χ0) is 24.8. The first-order valence-electron chi connectivity index (χ1n) is 11.6. The standard InChI is InChI=1S/C28H26BF3O3/c1-2-3-4-5-18-15-33-28(34-16-18)23-11-10-21(14-24(23)30)19-6-8-20(9-7-19)22-12-13-25(35-17-29)27(32)26(22)31/h2-3,6-14,18,28H,4-5,15-17H2,1H3/b3-2+. The van der Waals surface area contributed by atoms with Crippen LogP contribution < -0.4 is 4.74 Å². The summed E-state index contributed by atoms with van der Waals surface area (Å²) in [6.07, 6.45) is 5.34. The molecule has 0 spiro atoms. The highest BCUT2D eigenvalue weighted by Crippen LogP contribution is 2.33. The topological polar surface area (TPSA) is 27.7 Å². The largest absolute Gasteiger partial charge is 0.500 e. The van der Waals surface area contributed by atoms with Crippen molar-refractivity contribution in [1.29, 1.82) is 0 Å². The van der Waals surface area contributed by atoms with Gasteiger partial charge in [0.05, 0.1) is 13.2 Å². The van der Waals surface area contributed by atoms with E-state index >= 15 is 0 Å². The maximum atomic E-state index is 14.9. The molecule has 0 unspecified atom stereocenters. The lowest BCUT2D eigenvalue weighted by molar-refractivity contribution is -0.207. The normalized spacial score (nSPS) is 18.2. The van der Waals surface area contributed by atoms with E-state index in [0.717, 1.165) is 18.4 Å². The number of benzene rings is 3. The second-order valence-electron chi connectivity index (χ2n) is 8.37. The van der Waals surface area contributed by atoms with Crippen LogP contribution in [0.1, 0.15) is 31.6 Å². The summed E-state index contributed by atoms with van der Waals surface area (Å²) in [5.41, 5.74) is 2.31. The molecule has 35 heavy (non-hydrogen) atoms. The predicted octanol–water partition coefficient (Wildman–Crippen LogP) is 6.96. The Balaban J connectivity index is 1.45. The average Bonchev–Trinajstić information content (AvgIpc) is 2.88. The molecule has 180 valence electrons. The van der Waals surface area contributed by atoms with Crippen molar-refractivity contribution in [3.05, 3.63) is 89.8 Å². The molecule has 7 heteroatoms. The van der Waals surface area contributed by atoms with Gasteiger partial charge in [0, 0.05) is 23.6 Å². The summed E-state index contributed by atoms with van der Waals surface area (Å²) >= 11 is 0. The maximum Gasteiger partial charge on any atom is 0.201 e. The molecule has 0 aromatic heterocycles. The van der Waals surface area contributed by atoms with Gasteiger partial charge in [-0.15, -0.1) is 0 Å². The Morgan fingerprint density at radius 2 is 1.60 bits per heavy atom. The van der Waals surface area contributed by atoms with Crippen LogP contribution in [0.15, 0.2) is 66.7 Å². The summed E-state index contributed by atoms with van der Waals surface area (Å²) in [6.45, 7) is 2.79. The van der Waals surface area contributed by atoms with E-state index in [2.05, 4.69) is 6.08 Å². The Kier molecular flexibility index (Phi) is 8.31. The third-order valence-electron chi connectivity index (χ3n) is 6.01. The van der Waals surface area contributed by atoms with E-state index in [1.54, 1.807) is 36.4 Å². The molecule has 3 nitrogen and oxygen atoms in total. The molecule has 0 saturated carbocycles. The van der Waals surface area contributed by atoms with Gasteiger partial charge < -0.3 is 14.2 Å². The molecule has 2 radical (unpaired) electrons. The molecule has 3 aromatic rings. The van der Waals surface area contributed by atoms with Crippen LogP contribution >= 0.6 is 0 Å². The number of allylic oxidation sites excluding steroid dienone is 2. The minimum absolute atomic E-state index is 0.0931. The summed E-state index contributed by atoms with van der Waals surface area (Å²) in [5, 5.41) is 0. The fourth-order valence-corrected chi connectivity index (χ4v) is 4.08. The van der Waals surface area contributed by atoms with Gasteiger partial charge in [-0.25, -0.2) is 8.78 Å². The fraction of sp³-hybridized carbons (Fsp3) is 0.286. The van der Waals surface area contributed by atoms with Crippen LogP contribution in [0.5, 0.6) is 5.75 Å². The Bertz CT molecular complexity index is 1170. The molecular weight excluding hydrogens is 452 g/mol. The highest BCUT2D eigenvalue weighted by atomic mass is 19.2. The van der Waals surface area contributed by atoms with Crippen molar-refractivity contribution in [3.8, 4) is 28.0 Å². The van der Waals surface area contributed by atoms with Crippen molar-refractivity contribution in [2.24, 2.45) is 5.92 Å². The van der Waals surface area contributed by atoms with E-state index in [0.29, 0.717) is 35.8 Å². The molecule has 1 aliphatic rings. The lowest BCUT2D eigenvalue weighted by Gasteiger charge is -2.29. The second-order valence-corrected chi connectivity index (χ2v) is 8.37. The SMILES string of the molecule is [B]COc1ccc(-c2ccc(-c3ccc(C4OCC(CC/C=C/C)CO4)c(F)c3)cc2)c(F)c1F. The molecule has 0 amide bonds. The Morgan fingerprint density at radius 1 is 0.914 bits per heavy atom. The van der Waals surface area contributed by atoms with Gasteiger partial charge in [-0.2, -0.15) is 4.39 Å². The molecule has 0 aliphatic carbocycles. The van der Waals surface area contributed by atoms with Crippen molar-refractivity contribution in [2.45, 2.75) is 26.1 Å². The van der Waals surface area contributed by atoms with Crippen LogP contribution in [0.2, 0.25) is 0 Å². The predicted molar refractivity (Wildman–Crippen MR) is 131 cm³/mol. The average molecular weight is 478 g/mol. The summed E-state index contributed by atoms with van der Waals surface area (Å²) in [4.78, 5) is 0. The molecule has 1 heterocycles. The number of rotatable bonds is 8. The first-order chi connectivity index (χ1) is 17.0. The molecule has 1 fully saturated rings. The first kappa shape index (κ1) is 25.1. The second kappa shape index (κ2) is 11.6. The number of hydrogen-bond donors (Lipinski definition) is 0. The van der Waals surface area contributed by atoms with Gasteiger partial charge in [-0.05, 0) is 54.7 Å². The number of ether oxygens (including phenoxy) is 3. The zero-order valence-electron chi connectivity index (χ0n) is 19.5. The first-order valence-corrected chi connectivity index (χ1v) is 11.6. The van der Waals surface area contributed by atoms with Gasteiger partial charge in [-0.3, -0.25) is 0 Å². The van der Waals surface area contributed by atoms with E-state index < -0.39 is 23.7 Å². The van der Waals surface area contributed by atoms with Gasteiger partial charge >= 0.3 is 0 Å². The Morgan fingerprint density at radius 3 is 2.26 bits per heavy atom. The van der Waals surface area contributed by atoms with Crippen molar-refractivity contribution in [3.63, 3.8) is 0 Å². The van der Waals surface area contributed by atoms with Crippen LogP contribution in [-0.2, 0) is 9.47 Å². The van der Waals surface area contributed by atoms with Crippen LogP contribution in [0.4, 0.5) is 13.2 Å². The fourth-order valence-electron chi connectivity index (χ4n) is 4.08. The molecule has 0 atom stereocenters. The quantitative estimate of drug-likeness (QED) is 0.259. The van der Waals surface area contributed by atoms with E-state index in [9.17, 15) is 13.2 Å². The number of hydrogen-bond acceptors (Lipinski definition) is 3. The van der Waals surface area contributed by atoms with Crippen molar-refractivity contribution < 1.29 is 27.4 Å². The molecule has 3 aromatic carbocycles. The van der Waals surface area contributed by atoms with Crippen LogP contribution in [0, 0.1) is 23.4 Å². The van der Waals surface area contributed by atoms with Gasteiger partial charge in [0.15, 0.2) is 17.9 Å². The van der Waals surface area contributed by atoms with E-state index in [4.69, 9.17) is 22.1 Å². The minimum Gasteiger partial charge on any atom is -0.500 e. The minimum atomic E-state index is -1.09. The molecule has 1 aliphatic heterocycles. The van der Waals surface area contributed by atoms with Gasteiger partial charge in [0.2, 0.25) is 5.82 Å². The van der Waals surface area contributed by atoms with Crippen molar-refractivity contribution in [2.75, 3.05) is 19.7 Å². The van der Waals surface area contributed by atoms with Gasteiger partial charge in [-0.1, -0.05) is 48.6 Å². The smallest absolute Gasteiger partial charge is 0.201 e. The summed E-state index contributed by atoms with van der Waals surface area (Å²) in [5.74, 6) is -2.48. The molecule has 4 rings (SSSR count). The van der Waals surface area contributed by atoms with E-state index in [1.807, 2.05) is 13.0 Å².